The van der Waals surface area contributed by atoms with E-state index in [9.17, 15) is 43.2 Å². The molecule has 0 aliphatic heterocycles. The third kappa shape index (κ3) is 65.1. The van der Waals surface area contributed by atoms with Crippen LogP contribution in [0.3, 0.4) is 0 Å². The van der Waals surface area contributed by atoms with Gasteiger partial charge in [0.1, 0.15) is 19.3 Å². The van der Waals surface area contributed by atoms with Gasteiger partial charge in [0.25, 0.3) is 0 Å². The zero-order chi connectivity index (χ0) is 67.0. The number of esters is 4. The molecule has 6 atom stereocenters. The van der Waals surface area contributed by atoms with Crippen LogP contribution in [-0.2, 0) is 65.4 Å². The minimum atomic E-state index is -4.95. The van der Waals surface area contributed by atoms with Gasteiger partial charge in [-0.15, -0.1) is 0 Å². The molecule has 0 aromatic heterocycles. The average Bonchev–Trinajstić information content (AvgIpc) is 3.71. The van der Waals surface area contributed by atoms with Crippen molar-refractivity contribution < 1.29 is 80.2 Å². The maximum absolute atomic E-state index is 13.0. The molecule has 540 valence electrons. The zero-order valence-electron chi connectivity index (χ0n) is 59.0. The third-order valence-corrected chi connectivity index (χ3v) is 19.0. The molecule has 0 aromatic rings. The van der Waals surface area contributed by atoms with Crippen molar-refractivity contribution in [3.05, 3.63) is 0 Å². The molecule has 19 heteroatoms. The lowest BCUT2D eigenvalue weighted by molar-refractivity contribution is -0.161. The number of ether oxygens (including phenoxy) is 4. The Morgan fingerprint density at radius 2 is 0.527 bits per heavy atom. The molecule has 0 aromatic carbocycles. The second-order valence-electron chi connectivity index (χ2n) is 26.2. The predicted molar refractivity (Wildman–Crippen MR) is 368 cm³/mol. The summed E-state index contributed by atoms with van der Waals surface area (Å²) >= 11 is 0. The van der Waals surface area contributed by atoms with E-state index in [1.165, 1.54) is 199 Å². The summed E-state index contributed by atoms with van der Waals surface area (Å²) in [7, 11) is -9.90. The van der Waals surface area contributed by atoms with Gasteiger partial charge in [-0.25, -0.2) is 9.13 Å². The summed E-state index contributed by atoms with van der Waals surface area (Å²) in [6.45, 7) is 7.27. The summed E-state index contributed by atoms with van der Waals surface area (Å²) in [5.74, 6) is -1.34. The minimum Gasteiger partial charge on any atom is -0.462 e. The molecule has 0 saturated carbocycles. The summed E-state index contributed by atoms with van der Waals surface area (Å²) in [6.07, 6.45) is 52.4. The maximum atomic E-state index is 13.0. The van der Waals surface area contributed by atoms with Crippen LogP contribution in [0.15, 0.2) is 0 Å². The summed E-state index contributed by atoms with van der Waals surface area (Å²) < 4.78 is 68.4. The first-order valence-corrected chi connectivity index (χ1v) is 40.7. The van der Waals surface area contributed by atoms with Crippen LogP contribution >= 0.6 is 15.6 Å². The van der Waals surface area contributed by atoms with Crippen LogP contribution in [0.1, 0.15) is 375 Å². The third-order valence-electron chi connectivity index (χ3n) is 17.1. The molecule has 0 aliphatic carbocycles. The lowest BCUT2D eigenvalue weighted by Gasteiger charge is -2.21. The normalized spacial score (nSPS) is 14.3. The molecule has 3 unspecified atom stereocenters. The van der Waals surface area contributed by atoms with Gasteiger partial charge in [-0.3, -0.25) is 37.3 Å². The van der Waals surface area contributed by atoms with E-state index in [1.54, 1.807) is 0 Å². The van der Waals surface area contributed by atoms with Gasteiger partial charge in [0.05, 0.1) is 26.4 Å². The van der Waals surface area contributed by atoms with Crippen molar-refractivity contribution in [1.29, 1.82) is 0 Å². The predicted octanol–water partition coefficient (Wildman–Crippen LogP) is 20.9. The molecule has 17 nitrogen and oxygen atoms in total. The van der Waals surface area contributed by atoms with Crippen LogP contribution in [0, 0.1) is 5.92 Å². The monoisotopic (exact) mass is 1340 g/mol. The van der Waals surface area contributed by atoms with Crippen molar-refractivity contribution in [2.45, 2.75) is 393 Å². The lowest BCUT2D eigenvalue weighted by Crippen LogP contribution is -2.30. The summed E-state index contributed by atoms with van der Waals surface area (Å²) in [5.41, 5.74) is 0. The van der Waals surface area contributed by atoms with Gasteiger partial charge >= 0.3 is 39.5 Å². The zero-order valence-corrected chi connectivity index (χ0v) is 60.8. The van der Waals surface area contributed by atoms with E-state index < -0.39 is 97.5 Å². The molecule has 91 heavy (non-hydrogen) atoms. The first-order chi connectivity index (χ1) is 44.1. The second-order valence-corrected chi connectivity index (χ2v) is 29.1. The Kier molecular flexibility index (Phi) is 64.0. The maximum Gasteiger partial charge on any atom is 0.472 e. The number of aliphatic hydroxyl groups is 1. The first-order valence-electron chi connectivity index (χ1n) is 37.7. The van der Waals surface area contributed by atoms with E-state index in [1.807, 2.05) is 0 Å². The SMILES string of the molecule is CCCCCCCCCCCCCCCCCC(=O)O[C@H](COC(=O)CCCCCCCCCCC(C)CC)COP(=O)(O)OC[C@@H](O)COP(=O)(O)OC[C@@H](COC(=O)CCCCCCCCCCCCCC)OC(=O)CCCCCCCCCCCCCC. The lowest BCUT2D eigenvalue weighted by atomic mass is 9.99. The summed E-state index contributed by atoms with van der Waals surface area (Å²) in [6, 6.07) is 0. The Labute approximate surface area is 556 Å². The van der Waals surface area contributed by atoms with Crippen LogP contribution in [0.5, 0.6) is 0 Å². The number of carbonyl (C=O) groups excluding carboxylic acids is 4. The number of aliphatic hydroxyl groups excluding tert-OH is 1. The fourth-order valence-electron chi connectivity index (χ4n) is 11.0. The highest BCUT2D eigenvalue weighted by Gasteiger charge is 2.30. The Morgan fingerprint density at radius 3 is 0.780 bits per heavy atom. The standard InChI is InChI=1S/C72H140O17P2/c1-6-10-13-16-19-22-25-28-29-30-33-36-43-48-53-58-72(77)89-68(62-83-70(75)56-51-46-41-38-37-39-44-49-54-65(5)9-4)64-87-91(80,81)85-60-66(73)59-84-90(78,79)86-63-67(88-71(76)57-52-47-42-35-32-27-24-21-18-15-12-8-3)61-82-69(74)55-50-45-40-34-31-26-23-20-17-14-11-7-2/h65-68,73H,6-64H2,1-5H3,(H,78,79)(H,80,81)/t65?,66-,67+,68+/m0/s1. The largest absolute Gasteiger partial charge is 0.472 e. The Bertz CT molecular complexity index is 1760. The molecule has 3 N–H and O–H groups in total. The van der Waals surface area contributed by atoms with Crippen molar-refractivity contribution in [2.75, 3.05) is 39.6 Å². The van der Waals surface area contributed by atoms with Gasteiger partial charge in [0, 0.05) is 25.7 Å². The van der Waals surface area contributed by atoms with E-state index >= 15 is 0 Å². The van der Waals surface area contributed by atoms with Gasteiger partial charge < -0.3 is 33.8 Å². The molecule has 0 radical (unpaired) electrons. The van der Waals surface area contributed by atoms with E-state index in [4.69, 9.17) is 37.0 Å². The number of hydrogen-bond acceptors (Lipinski definition) is 15. The van der Waals surface area contributed by atoms with Gasteiger partial charge in [0.2, 0.25) is 0 Å². The van der Waals surface area contributed by atoms with E-state index in [2.05, 4.69) is 34.6 Å². The number of unbranched alkanes of at least 4 members (excludes halogenated alkanes) is 43. The molecule has 0 fully saturated rings. The molecular formula is C72H140O17P2. The number of rotatable bonds is 72. The van der Waals surface area contributed by atoms with E-state index in [-0.39, 0.29) is 25.7 Å². The van der Waals surface area contributed by atoms with Crippen LogP contribution in [0.4, 0.5) is 0 Å². The Morgan fingerprint density at radius 1 is 0.308 bits per heavy atom. The molecule has 0 rings (SSSR count). The molecule has 0 spiro atoms. The highest BCUT2D eigenvalue weighted by Crippen LogP contribution is 2.45. The molecule has 0 saturated heterocycles. The Balaban J connectivity index is 5.26. The number of hydrogen-bond donors (Lipinski definition) is 3. The van der Waals surface area contributed by atoms with Crippen LogP contribution in [-0.4, -0.2) is 96.7 Å². The minimum absolute atomic E-state index is 0.108. The molecule has 0 amide bonds. The van der Waals surface area contributed by atoms with Gasteiger partial charge in [-0.2, -0.15) is 0 Å². The summed E-state index contributed by atoms with van der Waals surface area (Å²) in [5, 5.41) is 10.6. The summed E-state index contributed by atoms with van der Waals surface area (Å²) in [4.78, 5) is 72.7. The number of phosphoric ester groups is 2. The quantitative estimate of drug-likeness (QED) is 0.0222. The molecule has 0 heterocycles. The van der Waals surface area contributed by atoms with E-state index in [0.29, 0.717) is 25.7 Å². The fourth-order valence-corrected chi connectivity index (χ4v) is 12.5. The molecule has 0 bridgehead atoms. The number of carbonyl (C=O) groups is 4. The van der Waals surface area contributed by atoms with Crippen molar-refractivity contribution in [2.24, 2.45) is 5.92 Å². The van der Waals surface area contributed by atoms with Crippen LogP contribution in [0.2, 0.25) is 0 Å². The highest BCUT2D eigenvalue weighted by atomic mass is 31.2. The van der Waals surface area contributed by atoms with Crippen molar-refractivity contribution in [1.82, 2.24) is 0 Å². The topological polar surface area (TPSA) is 237 Å². The van der Waals surface area contributed by atoms with Crippen molar-refractivity contribution >= 4 is 39.5 Å². The average molecular weight is 1340 g/mol. The van der Waals surface area contributed by atoms with E-state index in [0.717, 1.165) is 95.8 Å². The van der Waals surface area contributed by atoms with Crippen molar-refractivity contribution in [3.8, 4) is 0 Å². The van der Waals surface area contributed by atoms with Gasteiger partial charge in [0.15, 0.2) is 12.2 Å². The second kappa shape index (κ2) is 65.4. The number of phosphoric acid groups is 2. The van der Waals surface area contributed by atoms with Gasteiger partial charge in [-0.1, -0.05) is 324 Å². The smallest absolute Gasteiger partial charge is 0.462 e. The van der Waals surface area contributed by atoms with Crippen LogP contribution < -0.4 is 0 Å². The molecule has 0 aliphatic rings. The Hall–Kier alpha value is -1.94. The van der Waals surface area contributed by atoms with Gasteiger partial charge in [-0.05, 0) is 31.6 Å². The highest BCUT2D eigenvalue weighted by molar-refractivity contribution is 7.47. The van der Waals surface area contributed by atoms with Crippen molar-refractivity contribution in [3.63, 3.8) is 0 Å². The molecular weight excluding hydrogens is 1200 g/mol. The van der Waals surface area contributed by atoms with Crippen LogP contribution in [0.25, 0.3) is 0 Å². The first kappa shape index (κ1) is 89.1. The fraction of sp³-hybridized carbons (Fsp3) is 0.944.